The summed E-state index contributed by atoms with van der Waals surface area (Å²) in [5.41, 5.74) is 4.72. The van der Waals surface area contributed by atoms with Crippen molar-refractivity contribution in [3.8, 4) is 5.69 Å². The summed E-state index contributed by atoms with van der Waals surface area (Å²) in [4.78, 5) is 0. The number of likely N-dealkylation sites (N-methyl/N-ethyl adjacent to an activating group) is 1. The molecule has 5 heteroatoms. The summed E-state index contributed by atoms with van der Waals surface area (Å²) in [5.74, 6) is 0. The summed E-state index contributed by atoms with van der Waals surface area (Å²) in [7, 11) is 1.97. The molecular formula is C16H21Cl2N3. The molecule has 0 radical (unpaired) electrons. The predicted octanol–water partition coefficient (Wildman–Crippen LogP) is 4.07. The zero-order chi connectivity index (χ0) is 15.4. The molecule has 1 aromatic carbocycles. The lowest BCUT2D eigenvalue weighted by Crippen LogP contribution is -2.12. The first kappa shape index (κ1) is 16.3. The Labute approximate surface area is 136 Å². The molecule has 2 rings (SSSR count). The number of halogens is 2. The molecule has 3 nitrogen and oxygen atoms in total. The average molecular weight is 326 g/mol. The van der Waals surface area contributed by atoms with E-state index in [0.717, 1.165) is 37.2 Å². The van der Waals surface area contributed by atoms with Crippen LogP contribution in [0.25, 0.3) is 5.69 Å². The molecule has 0 saturated heterocycles. The maximum atomic E-state index is 6.14. The standard InChI is InChI=1S/C16H21Cl2N3/c1-4-15-12(8-9-19-3)16(5-2)21(20-15)11-6-7-13(17)14(18)10-11/h6-7,10,19H,4-5,8-9H2,1-3H3. The number of aromatic nitrogens is 2. The van der Waals surface area contributed by atoms with Gasteiger partial charge in [-0.25, -0.2) is 4.68 Å². The highest BCUT2D eigenvalue weighted by Crippen LogP contribution is 2.27. The topological polar surface area (TPSA) is 29.9 Å². The molecule has 1 N–H and O–H groups in total. The molecule has 0 aliphatic heterocycles. The number of nitrogens with one attached hydrogen (secondary N) is 1. The van der Waals surface area contributed by atoms with E-state index in [4.69, 9.17) is 28.3 Å². The highest BCUT2D eigenvalue weighted by molar-refractivity contribution is 6.42. The third-order valence-corrected chi connectivity index (χ3v) is 4.35. The van der Waals surface area contributed by atoms with Crippen LogP contribution in [0, 0.1) is 0 Å². The average Bonchev–Trinajstić information content (AvgIpc) is 2.85. The van der Waals surface area contributed by atoms with Gasteiger partial charge in [0.25, 0.3) is 0 Å². The number of hydrogen-bond donors (Lipinski definition) is 1. The van der Waals surface area contributed by atoms with E-state index in [2.05, 4.69) is 19.2 Å². The van der Waals surface area contributed by atoms with Gasteiger partial charge in [0.2, 0.25) is 0 Å². The second kappa shape index (κ2) is 7.30. The zero-order valence-electron chi connectivity index (χ0n) is 12.7. The summed E-state index contributed by atoms with van der Waals surface area (Å²) in [5, 5.41) is 9.11. The Balaban J connectivity index is 2.52. The Bertz CT molecular complexity index is 620. The minimum atomic E-state index is 0.557. The van der Waals surface area contributed by atoms with Crippen LogP contribution in [0.15, 0.2) is 18.2 Å². The van der Waals surface area contributed by atoms with Gasteiger partial charge in [-0.1, -0.05) is 37.0 Å². The number of aryl methyl sites for hydroxylation is 1. The third-order valence-electron chi connectivity index (χ3n) is 3.62. The van der Waals surface area contributed by atoms with Crippen LogP contribution < -0.4 is 5.32 Å². The zero-order valence-corrected chi connectivity index (χ0v) is 14.2. The summed E-state index contributed by atoms with van der Waals surface area (Å²) < 4.78 is 2.01. The van der Waals surface area contributed by atoms with Crippen LogP contribution in [0.4, 0.5) is 0 Å². The van der Waals surface area contributed by atoms with Crippen molar-refractivity contribution in [1.82, 2.24) is 15.1 Å². The first-order valence-electron chi connectivity index (χ1n) is 7.32. The fourth-order valence-electron chi connectivity index (χ4n) is 2.55. The van der Waals surface area contributed by atoms with Gasteiger partial charge in [0, 0.05) is 5.69 Å². The van der Waals surface area contributed by atoms with E-state index in [9.17, 15) is 0 Å². The molecular weight excluding hydrogens is 305 g/mol. The molecule has 1 heterocycles. The van der Waals surface area contributed by atoms with E-state index in [1.807, 2.05) is 29.9 Å². The van der Waals surface area contributed by atoms with Gasteiger partial charge in [0.1, 0.15) is 0 Å². The number of hydrogen-bond acceptors (Lipinski definition) is 2. The summed E-state index contributed by atoms with van der Waals surface area (Å²) in [6, 6.07) is 5.65. The van der Waals surface area contributed by atoms with Crippen molar-refractivity contribution in [3.63, 3.8) is 0 Å². The van der Waals surface area contributed by atoms with Crippen molar-refractivity contribution >= 4 is 23.2 Å². The van der Waals surface area contributed by atoms with Gasteiger partial charge < -0.3 is 5.32 Å². The van der Waals surface area contributed by atoms with Crippen molar-refractivity contribution in [2.75, 3.05) is 13.6 Å². The monoisotopic (exact) mass is 325 g/mol. The van der Waals surface area contributed by atoms with E-state index >= 15 is 0 Å². The molecule has 0 aliphatic carbocycles. The summed E-state index contributed by atoms with van der Waals surface area (Å²) in [6.45, 7) is 5.25. The van der Waals surface area contributed by atoms with Gasteiger partial charge >= 0.3 is 0 Å². The Morgan fingerprint density at radius 2 is 1.90 bits per heavy atom. The van der Waals surface area contributed by atoms with E-state index in [-0.39, 0.29) is 0 Å². The van der Waals surface area contributed by atoms with Gasteiger partial charge in [-0.05, 0) is 56.6 Å². The minimum absolute atomic E-state index is 0.557. The molecule has 0 unspecified atom stereocenters. The third kappa shape index (κ3) is 3.42. The minimum Gasteiger partial charge on any atom is -0.319 e. The van der Waals surface area contributed by atoms with Crippen molar-refractivity contribution in [2.45, 2.75) is 33.1 Å². The first-order chi connectivity index (χ1) is 10.1. The number of rotatable bonds is 6. The highest BCUT2D eigenvalue weighted by atomic mass is 35.5. The van der Waals surface area contributed by atoms with E-state index < -0.39 is 0 Å². The Kier molecular flexibility index (Phi) is 5.68. The number of benzene rings is 1. The number of nitrogens with zero attached hydrogens (tertiary/aromatic N) is 2. The molecule has 0 amide bonds. The van der Waals surface area contributed by atoms with Crippen LogP contribution in [-0.4, -0.2) is 23.4 Å². The van der Waals surface area contributed by atoms with Crippen LogP contribution in [0.5, 0.6) is 0 Å². The predicted molar refractivity (Wildman–Crippen MR) is 90.0 cm³/mol. The summed E-state index contributed by atoms with van der Waals surface area (Å²) >= 11 is 12.1. The lowest BCUT2D eigenvalue weighted by molar-refractivity contribution is 0.772. The first-order valence-corrected chi connectivity index (χ1v) is 8.07. The lowest BCUT2D eigenvalue weighted by Gasteiger charge is -2.09. The summed E-state index contributed by atoms with van der Waals surface area (Å²) in [6.07, 6.45) is 2.86. The Hall–Kier alpha value is -1.03. The molecule has 21 heavy (non-hydrogen) atoms. The quantitative estimate of drug-likeness (QED) is 0.867. The van der Waals surface area contributed by atoms with Gasteiger partial charge in [0.05, 0.1) is 21.4 Å². The van der Waals surface area contributed by atoms with Crippen LogP contribution in [-0.2, 0) is 19.3 Å². The Morgan fingerprint density at radius 1 is 1.14 bits per heavy atom. The fraction of sp³-hybridized carbons (Fsp3) is 0.438. The van der Waals surface area contributed by atoms with Crippen molar-refractivity contribution in [2.24, 2.45) is 0 Å². The van der Waals surface area contributed by atoms with Crippen molar-refractivity contribution < 1.29 is 0 Å². The second-order valence-corrected chi connectivity index (χ2v) is 5.76. The smallest absolute Gasteiger partial charge is 0.0664 e. The highest BCUT2D eigenvalue weighted by Gasteiger charge is 2.16. The SMILES string of the molecule is CCc1nn(-c2ccc(Cl)c(Cl)c2)c(CC)c1CCNC. The largest absolute Gasteiger partial charge is 0.319 e. The van der Waals surface area contributed by atoms with Crippen LogP contribution in [0.3, 0.4) is 0 Å². The van der Waals surface area contributed by atoms with E-state index in [0.29, 0.717) is 10.0 Å². The van der Waals surface area contributed by atoms with Crippen LogP contribution in [0.1, 0.15) is 30.8 Å². The molecule has 1 aromatic heterocycles. The van der Waals surface area contributed by atoms with Gasteiger partial charge in [-0.3, -0.25) is 0 Å². The fourth-order valence-corrected chi connectivity index (χ4v) is 2.84. The molecule has 114 valence electrons. The van der Waals surface area contributed by atoms with Crippen molar-refractivity contribution in [3.05, 3.63) is 45.2 Å². The normalized spacial score (nSPS) is 11.1. The maximum absolute atomic E-state index is 6.14. The lowest BCUT2D eigenvalue weighted by atomic mass is 10.1. The molecule has 0 fully saturated rings. The van der Waals surface area contributed by atoms with Gasteiger partial charge in [-0.15, -0.1) is 0 Å². The van der Waals surface area contributed by atoms with Crippen molar-refractivity contribution in [1.29, 1.82) is 0 Å². The molecule has 0 saturated carbocycles. The van der Waals surface area contributed by atoms with E-state index in [1.54, 1.807) is 0 Å². The molecule has 0 atom stereocenters. The maximum Gasteiger partial charge on any atom is 0.0664 e. The van der Waals surface area contributed by atoms with Gasteiger partial charge in [-0.2, -0.15) is 5.10 Å². The molecule has 0 aliphatic rings. The molecule has 0 spiro atoms. The molecule has 0 bridgehead atoms. The van der Waals surface area contributed by atoms with Gasteiger partial charge in [0.15, 0.2) is 0 Å². The van der Waals surface area contributed by atoms with Crippen LogP contribution >= 0.6 is 23.2 Å². The van der Waals surface area contributed by atoms with E-state index in [1.165, 1.54) is 11.3 Å². The Morgan fingerprint density at radius 3 is 2.48 bits per heavy atom. The molecule has 2 aromatic rings. The second-order valence-electron chi connectivity index (χ2n) is 4.94. The van der Waals surface area contributed by atoms with Crippen LogP contribution in [0.2, 0.25) is 10.0 Å².